The highest BCUT2D eigenvalue weighted by Crippen LogP contribution is 2.06. The Labute approximate surface area is 80.2 Å². The van der Waals surface area contributed by atoms with Gasteiger partial charge in [-0.05, 0) is 19.3 Å². The Hall–Kier alpha value is -0.150. The highest BCUT2D eigenvalue weighted by molar-refractivity contribution is 7.80. The van der Waals surface area contributed by atoms with E-state index >= 15 is 0 Å². The van der Waals surface area contributed by atoms with Gasteiger partial charge < -0.3 is 10.8 Å². The molecular formula is C9H19NOS. The molecule has 2 nitrogen and oxygen atoms in total. The van der Waals surface area contributed by atoms with E-state index in [0.717, 1.165) is 25.7 Å². The molecule has 0 unspecified atom stereocenters. The molecule has 0 heterocycles. The van der Waals surface area contributed by atoms with Crippen molar-refractivity contribution in [2.45, 2.75) is 44.9 Å². The van der Waals surface area contributed by atoms with Crippen LogP contribution in [0.2, 0.25) is 0 Å². The van der Waals surface area contributed by atoms with Crippen molar-refractivity contribution in [1.82, 2.24) is 0 Å². The Kier molecular flexibility index (Phi) is 8.83. The molecule has 0 saturated carbocycles. The zero-order valence-corrected chi connectivity index (χ0v) is 8.41. The second kappa shape index (κ2) is 8.94. The van der Waals surface area contributed by atoms with Crippen molar-refractivity contribution >= 4 is 17.2 Å². The lowest BCUT2D eigenvalue weighted by Crippen LogP contribution is -2.06. The van der Waals surface area contributed by atoms with Gasteiger partial charge in [0.1, 0.15) is 0 Å². The first-order chi connectivity index (χ1) is 5.77. The molecule has 3 N–H and O–H groups in total. The van der Waals surface area contributed by atoms with Crippen LogP contribution in [-0.4, -0.2) is 16.7 Å². The summed E-state index contributed by atoms with van der Waals surface area (Å²) in [4.78, 5) is 0.630. The van der Waals surface area contributed by atoms with Crippen LogP contribution in [0.15, 0.2) is 0 Å². The fourth-order valence-corrected chi connectivity index (χ4v) is 1.26. The molecule has 0 aliphatic carbocycles. The number of rotatable bonds is 8. The van der Waals surface area contributed by atoms with E-state index in [9.17, 15) is 0 Å². The van der Waals surface area contributed by atoms with Crippen LogP contribution in [0, 0.1) is 0 Å². The van der Waals surface area contributed by atoms with Gasteiger partial charge >= 0.3 is 0 Å². The Morgan fingerprint density at radius 1 is 1.00 bits per heavy atom. The topological polar surface area (TPSA) is 46.2 Å². The molecule has 0 atom stereocenters. The molecular weight excluding hydrogens is 170 g/mol. The van der Waals surface area contributed by atoms with Gasteiger partial charge in [0.2, 0.25) is 0 Å². The molecule has 0 fully saturated rings. The van der Waals surface area contributed by atoms with Crippen molar-refractivity contribution in [3.8, 4) is 0 Å². The van der Waals surface area contributed by atoms with Crippen LogP contribution in [0.3, 0.4) is 0 Å². The van der Waals surface area contributed by atoms with Gasteiger partial charge in [0.15, 0.2) is 0 Å². The summed E-state index contributed by atoms with van der Waals surface area (Å²) in [5, 5.41) is 8.51. The summed E-state index contributed by atoms with van der Waals surface area (Å²) in [6.07, 6.45) is 7.76. The van der Waals surface area contributed by atoms with Gasteiger partial charge in [0.25, 0.3) is 0 Å². The summed E-state index contributed by atoms with van der Waals surface area (Å²) in [6, 6.07) is 0. The van der Waals surface area contributed by atoms with Crippen LogP contribution in [0.4, 0.5) is 0 Å². The van der Waals surface area contributed by atoms with Crippen molar-refractivity contribution in [1.29, 1.82) is 0 Å². The molecule has 0 bridgehead atoms. The van der Waals surface area contributed by atoms with Crippen molar-refractivity contribution < 1.29 is 5.11 Å². The molecule has 12 heavy (non-hydrogen) atoms. The predicted molar refractivity (Wildman–Crippen MR) is 56.2 cm³/mol. The number of hydrogen-bond donors (Lipinski definition) is 2. The Morgan fingerprint density at radius 3 is 2.00 bits per heavy atom. The minimum absolute atomic E-state index is 0.326. The van der Waals surface area contributed by atoms with Gasteiger partial charge in [-0.1, -0.05) is 37.9 Å². The highest BCUT2D eigenvalue weighted by atomic mass is 32.1. The number of aliphatic hydroxyl groups is 1. The van der Waals surface area contributed by atoms with E-state index in [0.29, 0.717) is 11.6 Å². The van der Waals surface area contributed by atoms with E-state index in [1.807, 2.05) is 0 Å². The summed E-state index contributed by atoms with van der Waals surface area (Å²) in [7, 11) is 0. The third-order valence-electron chi connectivity index (χ3n) is 1.83. The molecule has 0 aromatic heterocycles. The van der Waals surface area contributed by atoms with Crippen LogP contribution in [-0.2, 0) is 0 Å². The minimum atomic E-state index is 0.326. The maximum atomic E-state index is 8.51. The average Bonchev–Trinajstić information content (AvgIpc) is 2.02. The lowest BCUT2D eigenvalue weighted by atomic mass is 10.1. The summed E-state index contributed by atoms with van der Waals surface area (Å²) in [5.41, 5.74) is 5.35. The molecule has 0 radical (unpaired) electrons. The van der Waals surface area contributed by atoms with E-state index < -0.39 is 0 Å². The number of nitrogens with two attached hydrogens (primary N) is 1. The minimum Gasteiger partial charge on any atom is -0.396 e. The quantitative estimate of drug-likeness (QED) is 0.453. The fourth-order valence-electron chi connectivity index (χ4n) is 1.12. The molecule has 3 heteroatoms. The van der Waals surface area contributed by atoms with Gasteiger partial charge in [-0.25, -0.2) is 0 Å². The summed E-state index contributed by atoms with van der Waals surface area (Å²) in [5.74, 6) is 0. The first-order valence-corrected chi connectivity index (χ1v) is 5.07. The molecule has 0 aromatic rings. The second-order valence-electron chi connectivity index (χ2n) is 3.06. The normalized spacial score (nSPS) is 10.1. The van der Waals surface area contributed by atoms with Crippen LogP contribution < -0.4 is 5.73 Å². The monoisotopic (exact) mass is 189 g/mol. The lowest BCUT2D eigenvalue weighted by Gasteiger charge is -1.99. The molecule has 0 amide bonds. The summed E-state index contributed by atoms with van der Waals surface area (Å²) >= 11 is 4.76. The third-order valence-corrected chi connectivity index (χ3v) is 2.04. The van der Waals surface area contributed by atoms with Gasteiger partial charge in [-0.3, -0.25) is 0 Å². The standard InChI is InChI=1S/C9H19NOS/c10-9(12)7-5-3-1-2-4-6-8-11/h11H,1-8H2,(H2,10,12). The maximum Gasteiger partial charge on any atom is 0.0727 e. The van der Waals surface area contributed by atoms with Crippen LogP contribution in [0.25, 0.3) is 0 Å². The largest absolute Gasteiger partial charge is 0.396 e. The van der Waals surface area contributed by atoms with Gasteiger partial charge in [0, 0.05) is 6.61 Å². The van der Waals surface area contributed by atoms with Gasteiger partial charge in [-0.2, -0.15) is 0 Å². The van der Waals surface area contributed by atoms with Crippen LogP contribution in [0.1, 0.15) is 44.9 Å². The molecule has 0 saturated heterocycles. The second-order valence-corrected chi connectivity index (χ2v) is 3.59. The smallest absolute Gasteiger partial charge is 0.0727 e. The predicted octanol–water partition coefficient (Wildman–Crippen LogP) is 2.00. The Bertz CT molecular complexity index is 117. The first kappa shape index (κ1) is 11.8. The van der Waals surface area contributed by atoms with E-state index in [1.54, 1.807) is 0 Å². The summed E-state index contributed by atoms with van der Waals surface area (Å²) in [6.45, 7) is 0.326. The Balaban J connectivity index is 2.86. The molecule has 0 spiro atoms. The Morgan fingerprint density at radius 2 is 1.50 bits per heavy atom. The number of unbranched alkanes of at least 4 members (excludes halogenated alkanes) is 5. The van der Waals surface area contributed by atoms with Crippen molar-refractivity contribution in [3.05, 3.63) is 0 Å². The van der Waals surface area contributed by atoms with E-state index in [-0.39, 0.29) is 0 Å². The van der Waals surface area contributed by atoms with E-state index in [4.69, 9.17) is 23.1 Å². The molecule has 0 rings (SSSR count). The fraction of sp³-hybridized carbons (Fsp3) is 0.889. The third kappa shape index (κ3) is 9.85. The maximum absolute atomic E-state index is 8.51. The van der Waals surface area contributed by atoms with E-state index in [2.05, 4.69) is 0 Å². The van der Waals surface area contributed by atoms with Crippen molar-refractivity contribution in [3.63, 3.8) is 0 Å². The van der Waals surface area contributed by atoms with E-state index in [1.165, 1.54) is 19.3 Å². The zero-order chi connectivity index (χ0) is 9.23. The molecule has 0 aliphatic rings. The number of aliphatic hydroxyl groups excluding tert-OH is 1. The number of hydrogen-bond acceptors (Lipinski definition) is 2. The van der Waals surface area contributed by atoms with Crippen molar-refractivity contribution in [2.24, 2.45) is 5.73 Å². The zero-order valence-electron chi connectivity index (χ0n) is 7.59. The van der Waals surface area contributed by atoms with Crippen LogP contribution in [0.5, 0.6) is 0 Å². The first-order valence-electron chi connectivity index (χ1n) is 4.66. The SMILES string of the molecule is NC(=S)CCCCCCCCO. The number of thiocarbonyl (C=S) groups is 1. The lowest BCUT2D eigenvalue weighted by molar-refractivity contribution is 0.282. The average molecular weight is 189 g/mol. The van der Waals surface area contributed by atoms with Crippen LogP contribution >= 0.6 is 12.2 Å². The van der Waals surface area contributed by atoms with Gasteiger partial charge in [0.05, 0.1) is 4.99 Å². The summed E-state index contributed by atoms with van der Waals surface area (Å²) < 4.78 is 0. The van der Waals surface area contributed by atoms with Crippen molar-refractivity contribution in [2.75, 3.05) is 6.61 Å². The molecule has 72 valence electrons. The van der Waals surface area contributed by atoms with Gasteiger partial charge in [-0.15, -0.1) is 0 Å². The molecule has 0 aliphatic heterocycles. The molecule has 0 aromatic carbocycles. The highest BCUT2D eigenvalue weighted by Gasteiger charge is 1.92.